The highest BCUT2D eigenvalue weighted by atomic mass is 16.2. The van der Waals surface area contributed by atoms with Crippen molar-refractivity contribution >= 4 is 11.5 Å². The fourth-order valence-corrected chi connectivity index (χ4v) is 4.43. The van der Waals surface area contributed by atoms with Crippen LogP contribution < -0.4 is 5.32 Å². The molecular weight excluding hydrogens is 450 g/mol. The molecule has 3 heterocycles. The summed E-state index contributed by atoms with van der Waals surface area (Å²) in [6.07, 6.45) is 18.4. The van der Waals surface area contributed by atoms with Crippen molar-refractivity contribution in [1.29, 1.82) is 0 Å². The molecule has 1 saturated carbocycles. The first-order chi connectivity index (χ1) is 17.5. The number of carbonyl (C=O) groups excluding carboxylic acids is 1. The zero-order valence-corrected chi connectivity index (χ0v) is 20.9. The maximum absolute atomic E-state index is 13.4. The Labute approximate surface area is 211 Å². The molecule has 3 aromatic rings. The normalized spacial score (nSPS) is 18.1. The molecule has 0 saturated heterocycles. The van der Waals surface area contributed by atoms with Gasteiger partial charge < -0.3 is 19.4 Å². The molecule has 36 heavy (non-hydrogen) atoms. The smallest absolute Gasteiger partial charge is 0.251 e. The number of nitrogens with one attached hydrogen (secondary N) is 1. The minimum absolute atomic E-state index is 0.0992. The maximum atomic E-state index is 13.4. The molecule has 2 aliphatic rings. The molecule has 2 aromatic heterocycles. The van der Waals surface area contributed by atoms with Crippen molar-refractivity contribution in [3.8, 4) is 11.4 Å². The molecule has 1 aliphatic carbocycles. The van der Waals surface area contributed by atoms with Gasteiger partial charge in [0.2, 0.25) is 0 Å². The molecular formula is C28H31N7O. The van der Waals surface area contributed by atoms with Gasteiger partial charge in [0.15, 0.2) is 0 Å². The number of hydrogen-bond acceptors (Lipinski definition) is 5. The first-order valence-corrected chi connectivity index (χ1v) is 12.3. The van der Waals surface area contributed by atoms with E-state index in [1.165, 1.54) is 12.8 Å². The van der Waals surface area contributed by atoms with Crippen molar-refractivity contribution in [2.24, 2.45) is 7.05 Å². The zero-order valence-electron chi connectivity index (χ0n) is 20.9. The van der Waals surface area contributed by atoms with Crippen LogP contribution in [0.3, 0.4) is 0 Å². The number of likely N-dealkylation sites (N-methyl/N-ethyl adjacent to an activating group) is 1. The van der Waals surface area contributed by atoms with Crippen molar-refractivity contribution in [3.63, 3.8) is 0 Å². The molecule has 1 amide bonds. The van der Waals surface area contributed by atoms with Gasteiger partial charge in [0.25, 0.3) is 5.91 Å². The van der Waals surface area contributed by atoms with E-state index in [0.717, 1.165) is 34.2 Å². The second-order valence-electron chi connectivity index (χ2n) is 9.18. The van der Waals surface area contributed by atoms with Crippen LogP contribution in [0, 0.1) is 0 Å². The van der Waals surface area contributed by atoms with Gasteiger partial charge in [0, 0.05) is 44.0 Å². The quantitative estimate of drug-likeness (QED) is 0.491. The number of benzene rings is 1. The van der Waals surface area contributed by atoms with Crippen LogP contribution in [0.25, 0.3) is 17.0 Å². The summed E-state index contributed by atoms with van der Waals surface area (Å²) in [6.45, 7) is 1.94. The molecule has 1 fully saturated rings. The van der Waals surface area contributed by atoms with Crippen LogP contribution >= 0.6 is 0 Å². The summed E-state index contributed by atoms with van der Waals surface area (Å²) in [5.74, 6) is 1.70. The first-order valence-electron chi connectivity index (χ1n) is 12.3. The van der Waals surface area contributed by atoms with Crippen LogP contribution in [0.2, 0.25) is 0 Å². The Bertz CT molecular complexity index is 1360. The number of rotatable bonds is 8. The highest BCUT2D eigenvalue weighted by Crippen LogP contribution is 2.35. The molecule has 184 valence electrons. The Hall–Kier alpha value is -4.20. The Morgan fingerprint density at radius 1 is 1.19 bits per heavy atom. The molecule has 8 heteroatoms. The summed E-state index contributed by atoms with van der Waals surface area (Å²) in [4.78, 5) is 19.9. The summed E-state index contributed by atoms with van der Waals surface area (Å²) in [6, 6.07) is 10.2. The van der Waals surface area contributed by atoms with Gasteiger partial charge in [-0.2, -0.15) is 0 Å². The van der Waals surface area contributed by atoms with E-state index in [1.807, 2.05) is 99.0 Å². The number of hydrogen-bond donors (Lipinski definition) is 1. The van der Waals surface area contributed by atoms with Gasteiger partial charge in [-0.3, -0.25) is 4.79 Å². The summed E-state index contributed by atoms with van der Waals surface area (Å²) in [7, 11) is 3.91. The third kappa shape index (κ3) is 4.93. The van der Waals surface area contributed by atoms with Crippen LogP contribution in [-0.4, -0.2) is 48.2 Å². The largest absolute Gasteiger partial charge is 0.366 e. The number of amides is 1. The Balaban J connectivity index is 1.34. The van der Waals surface area contributed by atoms with E-state index in [4.69, 9.17) is 0 Å². The lowest BCUT2D eigenvalue weighted by atomic mass is 10.0. The lowest BCUT2D eigenvalue weighted by Crippen LogP contribution is -2.42. The van der Waals surface area contributed by atoms with E-state index in [-0.39, 0.29) is 5.91 Å². The molecule has 0 radical (unpaired) electrons. The van der Waals surface area contributed by atoms with Gasteiger partial charge >= 0.3 is 0 Å². The van der Waals surface area contributed by atoms with Crippen LogP contribution in [0.1, 0.15) is 37.3 Å². The molecule has 0 bridgehead atoms. The van der Waals surface area contributed by atoms with Crippen molar-refractivity contribution in [1.82, 2.24) is 34.5 Å². The fourth-order valence-electron chi connectivity index (χ4n) is 4.43. The Morgan fingerprint density at radius 3 is 2.75 bits per heavy atom. The SMILES string of the molecule is C/C=C\C(=C/Cc1nncn1C1CC1)NC(=O)C1C=C(c2cnc(-c3ccccc3)n2C)C=CN1C. The van der Waals surface area contributed by atoms with Crippen molar-refractivity contribution in [3.05, 3.63) is 96.7 Å². The lowest BCUT2D eigenvalue weighted by molar-refractivity contribution is -0.123. The van der Waals surface area contributed by atoms with E-state index in [2.05, 4.69) is 29.6 Å². The minimum atomic E-state index is -0.455. The van der Waals surface area contributed by atoms with Crippen LogP contribution in [0.15, 0.2) is 85.1 Å². The van der Waals surface area contributed by atoms with Gasteiger partial charge in [-0.05, 0) is 43.6 Å². The number of aromatic nitrogens is 5. The maximum Gasteiger partial charge on any atom is 0.251 e. The molecule has 1 atom stereocenters. The molecule has 5 rings (SSSR count). The van der Waals surface area contributed by atoms with Gasteiger partial charge in [0.1, 0.15) is 24.0 Å². The summed E-state index contributed by atoms with van der Waals surface area (Å²) >= 11 is 0. The number of allylic oxidation sites excluding steroid dienone is 5. The third-order valence-electron chi connectivity index (χ3n) is 6.56. The summed E-state index contributed by atoms with van der Waals surface area (Å²) in [5, 5.41) is 11.4. The minimum Gasteiger partial charge on any atom is -0.366 e. The Kier molecular flexibility index (Phi) is 6.66. The highest BCUT2D eigenvalue weighted by Gasteiger charge is 2.26. The number of nitrogens with zero attached hydrogens (tertiary/aromatic N) is 6. The van der Waals surface area contributed by atoms with Gasteiger partial charge in [-0.15, -0.1) is 10.2 Å². The lowest BCUT2D eigenvalue weighted by Gasteiger charge is -2.27. The van der Waals surface area contributed by atoms with E-state index < -0.39 is 6.04 Å². The molecule has 8 nitrogen and oxygen atoms in total. The van der Waals surface area contributed by atoms with E-state index >= 15 is 0 Å². The predicted octanol–water partition coefficient (Wildman–Crippen LogP) is 4.04. The second kappa shape index (κ2) is 10.2. The monoisotopic (exact) mass is 481 g/mol. The van der Waals surface area contributed by atoms with Crippen LogP contribution in [-0.2, 0) is 18.3 Å². The Morgan fingerprint density at radius 2 is 2.00 bits per heavy atom. The molecule has 1 unspecified atom stereocenters. The average molecular weight is 482 g/mol. The van der Waals surface area contributed by atoms with Gasteiger partial charge in [0.05, 0.1) is 11.9 Å². The zero-order chi connectivity index (χ0) is 25.1. The number of carbonyl (C=O) groups is 1. The van der Waals surface area contributed by atoms with Crippen molar-refractivity contribution in [2.45, 2.75) is 38.3 Å². The van der Waals surface area contributed by atoms with Crippen molar-refractivity contribution < 1.29 is 4.79 Å². The standard InChI is InChI=1S/C28H31N7O/c1-4-8-22(11-14-26-32-30-19-35(26)23-12-13-23)31-28(36)24-17-21(15-16-33(24)2)25-18-29-27(34(25)3)20-9-6-5-7-10-20/h4-11,15-19,23-24H,12-14H2,1-3H3,(H,31,36)/b8-4-,22-11+. The van der Waals surface area contributed by atoms with E-state index in [9.17, 15) is 4.79 Å². The third-order valence-corrected chi connectivity index (χ3v) is 6.56. The van der Waals surface area contributed by atoms with E-state index in [1.54, 1.807) is 6.33 Å². The second-order valence-corrected chi connectivity index (χ2v) is 9.18. The summed E-state index contributed by atoms with van der Waals surface area (Å²) < 4.78 is 4.20. The topological polar surface area (TPSA) is 80.9 Å². The molecule has 1 N–H and O–H groups in total. The average Bonchev–Trinajstić information content (AvgIpc) is 3.50. The predicted molar refractivity (Wildman–Crippen MR) is 140 cm³/mol. The van der Waals surface area contributed by atoms with Crippen LogP contribution in [0.5, 0.6) is 0 Å². The molecule has 1 aliphatic heterocycles. The van der Waals surface area contributed by atoms with Crippen LogP contribution in [0.4, 0.5) is 0 Å². The van der Waals surface area contributed by atoms with E-state index in [0.29, 0.717) is 12.5 Å². The molecule has 1 aromatic carbocycles. The fraction of sp³-hybridized carbons (Fsp3) is 0.286. The van der Waals surface area contributed by atoms with Gasteiger partial charge in [-0.1, -0.05) is 42.5 Å². The highest BCUT2D eigenvalue weighted by molar-refractivity contribution is 5.90. The molecule has 0 spiro atoms. The van der Waals surface area contributed by atoms with Crippen molar-refractivity contribution in [2.75, 3.05) is 7.05 Å². The van der Waals surface area contributed by atoms with Gasteiger partial charge in [-0.25, -0.2) is 4.98 Å². The first kappa shape index (κ1) is 23.5. The summed E-state index contributed by atoms with van der Waals surface area (Å²) in [5.41, 5.74) is 3.72. The number of imidazole rings is 1.